The van der Waals surface area contributed by atoms with E-state index in [4.69, 9.17) is 46.4 Å². The average Bonchev–Trinajstić information content (AvgIpc) is 2.73. The number of unbranched alkanes of at least 4 members (excludes halogenated alkanes) is 1. The Kier molecular flexibility index (Phi) is 8.56. The van der Waals surface area contributed by atoms with Crippen LogP contribution in [0.1, 0.15) is 46.0 Å². The van der Waals surface area contributed by atoms with Gasteiger partial charge in [0.15, 0.2) is 11.0 Å². The van der Waals surface area contributed by atoms with Gasteiger partial charge in [0.25, 0.3) is 0 Å². The highest BCUT2D eigenvalue weighted by Crippen LogP contribution is 2.47. The van der Waals surface area contributed by atoms with E-state index in [1.807, 2.05) is 24.3 Å². The molecule has 3 aromatic rings. The van der Waals surface area contributed by atoms with Gasteiger partial charge in [-0.05, 0) is 48.0 Å². The van der Waals surface area contributed by atoms with E-state index in [-0.39, 0.29) is 31.2 Å². The van der Waals surface area contributed by atoms with E-state index < -0.39 is 19.0 Å². The second-order valence-corrected chi connectivity index (χ2v) is 10.5. The molecule has 0 atom stereocenters. The van der Waals surface area contributed by atoms with Crippen LogP contribution in [0.5, 0.6) is 0 Å². The number of rotatable bonds is 8. The Bertz CT molecular complexity index is 1010. The first kappa shape index (κ1) is 24.2. The quantitative estimate of drug-likeness (QED) is 0.284. The van der Waals surface area contributed by atoms with Gasteiger partial charge < -0.3 is 0 Å². The summed E-state index contributed by atoms with van der Waals surface area (Å²) >= 11 is 25.2. The molecule has 0 amide bonds. The molecular weight excluding hydrogens is 493 g/mol. The fourth-order valence-corrected chi connectivity index (χ4v) is 6.58. The van der Waals surface area contributed by atoms with Gasteiger partial charge in [0.2, 0.25) is 0 Å². The summed E-state index contributed by atoms with van der Waals surface area (Å²) in [6.45, 7) is 2.13. The van der Waals surface area contributed by atoms with E-state index in [0.29, 0.717) is 5.30 Å². The molecule has 7 heteroatoms. The fourth-order valence-electron chi connectivity index (χ4n) is 3.15. The molecule has 0 aliphatic rings. The maximum Gasteiger partial charge on any atom is 0.199 e. The Labute approximate surface area is 203 Å². The Morgan fingerprint density at radius 3 is 1.52 bits per heavy atom. The highest BCUT2D eigenvalue weighted by atomic mass is 35.5. The molecule has 0 aromatic heterocycles. The van der Waals surface area contributed by atoms with E-state index in [1.54, 1.807) is 36.4 Å². The third-order valence-electron chi connectivity index (χ3n) is 4.77. The molecule has 0 bridgehead atoms. The Hall–Kier alpha value is -1.41. The maximum atomic E-state index is 13.6. The van der Waals surface area contributed by atoms with E-state index >= 15 is 0 Å². The standard InChI is InChI=1S/C24H19Cl4O2P/c1-2-3-6-15-11-13-16(14-12-15)31(23(29)21-17(25)7-4-8-18(21)26)24(30)22-19(27)9-5-10-20(22)28/h4-5,7-14H,2-3,6H2,1H3. The van der Waals surface area contributed by atoms with Gasteiger partial charge in [-0.2, -0.15) is 0 Å². The van der Waals surface area contributed by atoms with Gasteiger partial charge in [0.1, 0.15) is 0 Å². The van der Waals surface area contributed by atoms with Crippen LogP contribution in [-0.2, 0) is 6.42 Å². The normalized spacial score (nSPS) is 11.0. The van der Waals surface area contributed by atoms with Gasteiger partial charge in [0.05, 0.1) is 39.1 Å². The lowest BCUT2D eigenvalue weighted by Crippen LogP contribution is -2.17. The molecule has 3 rings (SSSR count). The summed E-state index contributed by atoms with van der Waals surface area (Å²) < 4.78 is 0. The minimum atomic E-state index is -2.04. The van der Waals surface area contributed by atoms with Crippen LogP contribution in [0.15, 0.2) is 60.7 Å². The van der Waals surface area contributed by atoms with Crippen LogP contribution in [0, 0.1) is 0 Å². The van der Waals surface area contributed by atoms with Crippen LogP contribution < -0.4 is 5.30 Å². The van der Waals surface area contributed by atoms with Gasteiger partial charge in [-0.3, -0.25) is 9.59 Å². The van der Waals surface area contributed by atoms with Crippen molar-refractivity contribution < 1.29 is 9.59 Å². The minimum Gasteiger partial charge on any atom is -0.288 e. The van der Waals surface area contributed by atoms with E-state index in [2.05, 4.69) is 6.92 Å². The molecule has 3 aromatic carbocycles. The summed E-state index contributed by atoms with van der Waals surface area (Å²) in [7, 11) is -2.04. The van der Waals surface area contributed by atoms with Crippen molar-refractivity contribution in [2.24, 2.45) is 0 Å². The predicted octanol–water partition coefficient (Wildman–Crippen LogP) is 8.43. The topological polar surface area (TPSA) is 34.1 Å². The van der Waals surface area contributed by atoms with Gasteiger partial charge in [-0.15, -0.1) is 0 Å². The van der Waals surface area contributed by atoms with Gasteiger partial charge in [-0.25, -0.2) is 0 Å². The van der Waals surface area contributed by atoms with Crippen molar-refractivity contribution in [3.63, 3.8) is 0 Å². The van der Waals surface area contributed by atoms with Crippen LogP contribution in [0.3, 0.4) is 0 Å². The average molecular weight is 512 g/mol. The van der Waals surface area contributed by atoms with Gasteiger partial charge >= 0.3 is 0 Å². The lowest BCUT2D eigenvalue weighted by atomic mass is 10.1. The van der Waals surface area contributed by atoms with Crippen LogP contribution >= 0.6 is 54.3 Å². The number of carbonyl (C=O) groups is 2. The zero-order valence-electron chi connectivity index (χ0n) is 16.7. The van der Waals surface area contributed by atoms with Crippen molar-refractivity contribution in [3.05, 3.63) is 97.4 Å². The summed E-state index contributed by atoms with van der Waals surface area (Å²) in [6, 6.07) is 17.2. The molecule has 0 heterocycles. The molecule has 0 N–H and O–H groups in total. The van der Waals surface area contributed by atoms with Crippen molar-refractivity contribution in [2.75, 3.05) is 0 Å². The minimum absolute atomic E-state index is 0.128. The fraction of sp³-hybridized carbons (Fsp3) is 0.167. The number of halogens is 4. The zero-order chi connectivity index (χ0) is 22.5. The Morgan fingerprint density at radius 1 is 0.710 bits per heavy atom. The first-order valence-corrected chi connectivity index (χ1v) is 12.6. The Balaban J connectivity index is 2.12. The zero-order valence-corrected chi connectivity index (χ0v) is 20.6. The van der Waals surface area contributed by atoms with Crippen LogP contribution in [0.2, 0.25) is 20.1 Å². The molecule has 31 heavy (non-hydrogen) atoms. The summed E-state index contributed by atoms with van der Waals surface area (Å²) in [5.74, 6) is 0. The Morgan fingerprint density at radius 2 is 1.13 bits per heavy atom. The number of hydrogen-bond acceptors (Lipinski definition) is 2. The molecule has 0 aliphatic heterocycles. The SMILES string of the molecule is CCCCc1ccc(P(C(=O)c2c(Cl)cccc2Cl)C(=O)c2c(Cl)cccc2Cl)cc1. The van der Waals surface area contributed by atoms with Crippen LogP contribution in [0.25, 0.3) is 0 Å². The lowest BCUT2D eigenvalue weighted by Gasteiger charge is -2.19. The summed E-state index contributed by atoms with van der Waals surface area (Å²) in [4.78, 5) is 27.3. The molecular formula is C24H19Cl4O2P. The highest BCUT2D eigenvalue weighted by molar-refractivity contribution is 7.96. The van der Waals surface area contributed by atoms with Crippen molar-refractivity contribution in [2.45, 2.75) is 26.2 Å². The maximum absolute atomic E-state index is 13.6. The van der Waals surface area contributed by atoms with E-state index in [1.165, 1.54) is 0 Å². The molecule has 0 fully saturated rings. The third kappa shape index (κ3) is 5.51. The molecule has 0 saturated heterocycles. The first-order valence-electron chi connectivity index (χ1n) is 9.71. The monoisotopic (exact) mass is 510 g/mol. The third-order valence-corrected chi connectivity index (χ3v) is 8.11. The van der Waals surface area contributed by atoms with E-state index in [0.717, 1.165) is 24.8 Å². The second kappa shape index (κ2) is 10.9. The number of benzene rings is 3. The number of aryl methyl sites for hydroxylation is 1. The molecule has 2 nitrogen and oxygen atoms in total. The molecule has 0 unspecified atom stereocenters. The smallest absolute Gasteiger partial charge is 0.199 e. The van der Waals surface area contributed by atoms with Crippen molar-refractivity contribution in [1.82, 2.24) is 0 Å². The molecule has 0 aliphatic carbocycles. The number of hydrogen-bond donors (Lipinski definition) is 0. The van der Waals surface area contributed by atoms with Crippen LogP contribution in [-0.4, -0.2) is 11.0 Å². The van der Waals surface area contributed by atoms with E-state index in [9.17, 15) is 9.59 Å². The molecule has 0 spiro atoms. The largest absolute Gasteiger partial charge is 0.288 e. The van der Waals surface area contributed by atoms with Gasteiger partial charge in [-0.1, -0.05) is 96.1 Å². The number of carbonyl (C=O) groups excluding carboxylic acids is 2. The molecule has 0 radical (unpaired) electrons. The second-order valence-electron chi connectivity index (χ2n) is 6.91. The summed E-state index contributed by atoms with van der Waals surface area (Å²) in [5.41, 5.74) is 0.528. The van der Waals surface area contributed by atoms with Crippen molar-refractivity contribution >= 4 is 70.7 Å². The molecule has 0 saturated carbocycles. The predicted molar refractivity (Wildman–Crippen MR) is 133 cm³/mol. The van der Waals surface area contributed by atoms with Crippen molar-refractivity contribution in [3.8, 4) is 0 Å². The molecule has 160 valence electrons. The van der Waals surface area contributed by atoms with Gasteiger partial charge in [0, 0.05) is 0 Å². The lowest BCUT2D eigenvalue weighted by molar-refractivity contribution is 0.105. The van der Waals surface area contributed by atoms with Crippen molar-refractivity contribution in [1.29, 1.82) is 0 Å². The summed E-state index contributed by atoms with van der Waals surface area (Å²) in [6.07, 6.45) is 3.08. The van der Waals surface area contributed by atoms with Crippen LogP contribution in [0.4, 0.5) is 0 Å². The highest BCUT2D eigenvalue weighted by Gasteiger charge is 2.34. The first-order chi connectivity index (χ1) is 14.8. The summed E-state index contributed by atoms with van der Waals surface area (Å²) in [5, 5.41) is 1.38.